The van der Waals surface area contributed by atoms with E-state index >= 15 is 0 Å². The lowest BCUT2D eigenvalue weighted by atomic mass is 10.2. The van der Waals surface area contributed by atoms with E-state index in [1.165, 1.54) is 5.75 Å². The summed E-state index contributed by atoms with van der Waals surface area (Å²) in [6, 6.07) is 7.79. The molecular weight excluding hydrogens is 244 g/mol. The highest BCUT2D eigenvalue weighted by Crippen LogP contribution is 2.10. The van der Waals surface area contributed by atoms with Crippen molar-refractivity contribution in [3.8, 4) is 0 Å². The minimum absolute atomic E-state index is 0.0149. The molecule has 3 nitrogen and oxygen atoms in total. The van der Waals surface area contributed by atoms with Gasteiger partial charge in [-0.2, -0.15) is 11.8 Å². The van der Waals surface area contributed by atoms with E-state index in [0.29, 0.717) is 5.56 Å². The number of hydrogen-bond acceptors (Lipinski definition) is 3. The number of rotatable bonds is 7. The molecule has 0 spiro atoms. The maximum atomic E-state index is 11.7. The van der Waals surface area contributed by atoms with Gasteiger partial charge in [-0.3, -0.25) is 4.79 Å². The molecule has 0 heterocycles. The molecule has 0 unspecified atom stereocenters. The maximum absolute atomic E-state index is 11.7. The van der Waals surface area contributed by atoms with Gasteiger partial charge in [-0.25, -0.2) is 0 Å². The SMILES string of the molecule is CSCCCNc1ccc(C(=O)NC(C)C)cc1. The van der Waals surface area contributed by atoms with Crippen LogP contribution in [0.1, 0.15) is 30.6 Å². The molecule has 0 aromatic heterocycles. The Morgan fingerprint density at radius 1 is 1.28 bits per heavy atom. The van der Waals surface area contributed by atoms with E-state index in [-0.39, 0.29) is 11.9 Å². The molecule has 0 bridgehead atoms. The summed E-state index contributed by atoms with van der Waals surface area (Å²) in [6.07, 6.45) is 3.26. The summed E-state index contributed by atoms with van der Waals surface area (Å²) in [6.45, 7) is 4.89. The molecule has 1 rings (SSSR count). The van der Waals surface area contributed by atoms with Crippen LogP contribution in [0.4, 0.5) is 5.69 Å². The van der Waals surface area contributed by atoms with Crippen molar-refractivity contribution in [2.45, 2.75) is 26.3 Å². The summed E-state index contributed by atoms with van der Waals surface area (Å²) < 4.78 is 0. The van der Waals surface area contributed by atoms with Gasteiger partial charge >= 0.3 is 0 Å². The number of hydrogen-bond donors (Lipinski definition) is 2. The average Bonchev–Trinajstić information content (AvgIpc) is 2.34. The molecule has 0 aliphatic heterocycles. The summed E-state index contributed by atoms with van der Waals surface area (Å²) in [5, 5.41) is 6.22. The number of amides is 1. The van der Waals surface area contributed by atoms with Gasteiger partial charge < -0.3 is 10.6 Å². The fourth-order valence-electron chi connectivity index (χ4n) is 1.53. The third-order valence-corrected chi connectivity index (χ3v) is 3.12. The minimum Gasteiger partial charge on any atom is -0.385 e. The standard InChI is InChI=1S/C14H22N2OS/c1-11(2)16-14(17)12-5-7-13(8-6-12)15-9-4-10-18-3/h5-8,11,15H,4,9-10H2,1-3H3,(H,16,17). The van der Waals surface area contributed by atoms with Crippen molar-refractivity contribution in [2.24, 2.45) is 0 Å². The van der Waals surface area contributed by atoms with E-state index in [0.717, 1.165) is 18.7 Å². The predicted molar refractivity (Wildman–Crippen MR) is 80.5 cm³/mol. The van der Waals surface area contributed by atoms with E-state index in [9.17, 15) is 4.79 Å². The lowest BCUT2D eigenvalue weighted by Crippen LogP contribution is -2.29. The Morgan fingerprint density at radius 3 is 2.50 bits per heavy atom. The first-order valence-electron chi connectivity index (χ1n) is 6.27. The van der Waals surface area contributed by atoms with Crippen LogP contribution in [0.3, 0.4) is 0 Å². The van der Waals surface area contributed by atoms with Gasteiger partial charge in [0.2, 0.25) is 0 Å². The molecule has 0 saturated heterocycles. The fraction of sp³-hybridized carbons (Fsp3) is 0.500. The van der Waals surface area contributed by atoms with Gasteiger partial charge in [0.15, 0.2) is 0 Å². The van der Waals surface area contributed by atoms with E-state index in [1.807, 2.05) is 49.9 Å². The minimum atomic E-state index is -0.0149. The van der Waals surface area contributed by atoms with Crippen LogP contribution in [-0.2, 0) is 0 Å². The lowest BCUT2D eigenvalue weighted by Gasteiger charge is -2.09. The fourth-order valence-corrected chi connectivity index (χ4v) is 1.97. The molecule has 0 radical (unpaired) electrons. The highest BCUT2D eigenvalue weighted by Gasteiger charge is 2.05. The first-order valence-corrected chi connectivity index (χ1v) is 7.66. The number of nitrogens with one attached hydrogen (secondary N) is 2. The molecule has 0 fully saturated rings. The van der Waals surface area contributed by atoms with Crippen molar-refractivity contribution in [1.82, 2.24) is 5.32 Å². The van der Waals surface area contributed by atoms with Crippen LogP contribution in [0.2, 0.25) is 0 Å². The Kier molecular flexibility index (Phi) is 6.65. The van der Waals surface area contributed by atoms with Gasteiger partial charge in [-0.05, 0) is 56.5 Å². The second-order valence-corrected chi connectivity index (χ2v) is 5.46. The number of anilines is 1. The van der Waals surface area contributed by atoms with Crippen LogP contribution in [-0.4, -0.2) is 30.5 Å². The third kappa shape index (κ3) is 5.45. The first kappa shape index (κ1) is 14.9. The Balaban J connectivity index is 2.44. The molecule has 1 aromatic carbocycles. The van der Waals surface area contributed by atoms with Gasteiger partial charge in [0.1, 0.15) is 0 Å². The van der Waals surface area contributed by atoms with Gasteiger partial charge in [-0.15, -0.1) is 0 Å². The van der Waals surface area contributed by atoms with E-state index in [1.54, 1.807) is 0 Å². The van der Waals surface area contributed by atoms with Crippen molar-refractivity contribution >= 4 is 23.4 Å². The third-order valence-electron chi connectivity index (χ3n) is 2.42. The summed E-state index contributed by atoms with van der Waals surface area (Å²) >= 11 is 1.86. The van der Waals surface area contributed by atoms with E-state index < -0.39 is 0 Å². The largest absolute Gasteiger partial charge is 0.385 e. The predicted octanol–water partition coefficient (Wildman–Crippen LogP) is 2.99. The Morgan fingerprint density at radius 2 is 1.94 bits per heavy atom. The van der Waals surface area contributed by atoms with Crippen molar-refractivity contribution in [1.29, 1.82) is 0 Å². The van der Waals surface area contributed by atoms with Crippen molar-refractivity contribution < 1.29 is 4.79 Å². The lowest BCUT2D eigenvalue weighted by molar-refractivity contribution is 0.0943. The van der Waals surface area contributed by atoms with Crippen LogP contribution in [0.25, 0.3) is 0 Å². The molecular formula is C14H22N2OS. The van der Waals surface area contributed by atoms with E-state index in [4.69, 9.17) is 0 Å². The van der Waals surface area contributed by atoms with Crippen molar-refractivity contribution in [2.75, 3.05) is 23.9 Å². The zero-order valence-corrected chi connectivity index (χ0v) is 12.1. The van der Waals surface area contributed by atoms with Gasteiger partial charge in [0.25, 0.3) is 5.91 Å². The maximum Gasteiger partial charge on any atom is 0.251 e. The van der Waals surface area contributed by atoms with E-state index in [2.05, 4.69) is 16.9 Å². The van der Waals surface area contributed by atoms with Gasteiger partial charge in [0, 0.05) is 23.8 Å². The molecule has 1 aromatic rings. The average molecular weight is 266 g/mol. The quantitative estimate of drug-likeness (QED) is 0.745. The molecule has 0 atom stereocenters. The molecule has 4 heteroatoms. The van der Waals surface area contributed by atoms with Crippen LogP contribution in [0, 0.1) is 0 Å². The molecule has 2 N–H and O–H groups in total. The first-order chi connectivity index (χ1) is 8.63. The summed E-state index contributed by atoms with van der Waals surface area (Å²) in [5.74, 6) is 1.15. The highest BCUT2D eigenvalue weighted by atomic mass is 32.2. The second-order valence-electron chi connectivity index (χ2n) is 4.48. The Labute approximate surface area is 114 Å². The second kappa shape index (κ2) is 8.03. The number of carbonyl (C=O) groups excluding carboxylic acids is 1. The number of thioether (sulfide) groups is 1. The van der Waals surface area contributed by atoms with Crippen LogP contribution in [0.5, 0.6) is 0 Å². The van der Waals surface area contributed by atoms with Crippen LogP contribution in [0.15, 0.2) is 24.3 Å². The monoisotopic (exact) mass is 266 g/mol. The summed E-state index contributed by atoms with van der Waals surface area (Å²) in [5.41, 5.74) is 1.77. The van der Waals surface area contributed by atoms with Crippen molar-refractivity contribution in [3.63, 3.8) is 0 Å². The molecule has 18 heavy (non-hydrogen) atoms. The van der Waals surface area contributed by atoms with Gasteiger partial charge in [0.05, 0.1) is 0 Å². The zero-order chi connectivity index (χ0) is 13.4. The number of benzene rings is 1. The number of carbonyl (C=O) groups is 1. The zero-order valence-electron chi connectivity index (χ0n) is 11.3. The Bertz CT molecular complexity index is 363. The summed E-state index contributed by atoms with van der Waals surface area (Å²) in [7, 11) is 0. The normalized spacial score (nSPS) is 10.4. The van der Waals surface area contributed by atoms with Gasteiger partial charge in [-0.1, -0.05) is 0 Å². The molecule has 0 aliphatic carbocycles. The topological polar surface area (TPSA) is 41.1 Å². The molecule has 100 valence electrons. The van der Waals surface area contributed by atoms with Crippen LogP contribution < -0.4 is 10.6 Å². The summed E-state index contributed by atoms with van der Waals surface area (Å²) in [4.78, 5) is 11.7. The highest BCUT2D eigenvalue weighted by molar-refractivity contribution is 7.98. The smallest absolute Gasteiger partial charge is 0.251 e. The molecule has 0 aliphatic rings. The molecule has 0 saturated carbocycles. The van der Waals surface area contributed by atoms with Crippen molar-refractivity contribution in [3.05, 3.63) is 29.8 Å². The van der Waals surface area contributed by atoms with Crippen LogP contribution >= 0.6 is 11.8 Å². The Hall–Kier alpha value is -1.16. The molecule has 1 amide bonds.